The molecule has 0 spiro atoms. The topological polar surface area (TPSA) is 100 Å². The summed E-state index contributed by atoms with van der Waals surface area (Å²) in [6.07, 6.45) is 5.84. The highest BCUT2D eigenvalue weighted by Gasteiger charge is 2.23. The summed E-state index contributed by atoms with van der Waals surface area (Å²) in [5.41, 5.74) is 1.12. The monoisotopic (exact) mass is 419 g/mol. The maximum atomic E-state index is 14.5. The van der Waals surface area contributed by atoms with Gasteiger partial charge in [0.05, 0.1) is 17.1 Å². The molecule has 1 fully saturated rings. The summed E-state index contributed by atoms with van der Waals surface area (Å²) in [6, 6.07) is 4.71. The Hall–Kier alpha value is -4.08. The second kappa shape index (κ2) is 7.63. The maximum Gasteiger partial charge on any atom is 0.246 e. The summed E-state index contributed by atoms with van der Waals surface area (Å²) >= 11 is 0. The van der Waals surface area contributed by atoms with Crippen molar-refractivity contribution in [3.05, 3.63) is 55.4 Å². The fourth-order valence-corrected chi connectivity index (χ4v) is 3.71. The smallest absolute Gasteiger partial charge is 0.246 e. The third-order valence-electron chi connectivity index (χ3n) is 5.29. The first kappa shape index (κ1) is 18.9. The van der Waals surface area contributed by atoms with E-state index in [1.54, 1.807) is 23.2 Å². The Morgan fingerprint density at radius 1 is 1.13 bits per heavy atom. The van der Waals surface area contributed by atoms with E-state index < -0.39 is 5.82 Å². The second-order valence-electron chi connectivity index (χ2n) is 7.04. The number of halogens is 1. The number of anilines is 1. The molecule has 4 aromatic rings. The molecule has 1 aliphatic rings. The number of hydrogen-bond donors (Lipinski definition) is 1. The number of H-pyrrole nitrogens is 1. The van der Waals surface area contributed by atoms with E-state index in [-0.39, 0.29) is 17.5 Å². The van der Waals surface area contributed by atoms with Crippen LogP contribution in [-0.2, 0) is 4.79 Å². The largest absolute Gasteiger partial charge is 0.433 e. The van der Waals surface area contributed by atoms with Crippen LogP contribution in [0, 0.1) is 5.82 Å². The molecule has 0 saturated carbocycles. The van der Waals surface area contributed by atoms with E-state index in [1.165, 1.54) is 24.7 Å². The highest BCUT2D eigenvalue weighted by molar-refractivity contribution is 5.93. The van der Waals surface area contributed by atoms with Crippen LogP contribution in [0.2, 0.25) is 0 Å². The van der Waals surface area contributed by atoms with Crippen LogP contribution < -0.4 is 9.64 Å². The number of aromatic amines is 1. The Balaban J connectivity index is 1.50. The van der Waals surface area contributed by atoms with Crippen molar-refractivity contribution in [3.63, 3.8) is 0 Å². The van der Waals surface area contributed by atoms with Crippen molar-refractivity contribution >= 4 is 33.5 Å². The lowest BCUT2D eigenvalue weighted by Gasteiger charge is -2.35. The highest BCUT2D eigenvalue weighted by atomic mass is 19.1. The zero-order valence-corrected chi connectivity index (χ0v) is 16.5. The highest BCUT2D eigenvalue weighted by Crippen LogP contribution is 2.35. The zero-order chi connectivity index (χ0) is 21.4. The summed E-state index contributed by atoms with van der Waals surface area (Å²) in [5, 5.41) is 7.99. The molecule has 1 aromatic carbocycles. The number of rotatable bonds is 4. The molecule has 4 heterocycles. The number of amides is 1. The molecule has 1 amide bonds. The summed E-state index contributed by atoms with van der Waals surface area (Å²) in [6.45, 7) is 5.91. The molecule has 1 N–H and O–H groups in total. The van der Waals surface area contributed by atoms with Crippen molar-refractivity contribution in [1.29, 1.82) is 0 Å². The molecular formula is C21H18FN7O2. The predicted octanol–water partition coefficient (Wildman–Crippen LogP) is 2.67. The summed E-state index contributed by atoms with van der Waals surface area (Å²) in [4.78, 5) is 28.7. The minimum absolute atomic E-state index is 0.0305. The molecule has 1 aliphatic heterocycles. The van der Waals surface area contributed by atoms with Crippen molar-refractivity contribution in [2.75, 3.05) is 31.1 Å². The molecule has 0 radical (unpaired) electrons. The lowest BCUT2D eigenvalue weighted by Crippen LogP contribution is -2.48. The average molecular weight is 419 g/mol. The van der Waals surface area contributed by atoms with E-state index in [0.29, 0.717) is 48.4 Å². The number of ether oxygens (including phenoxy) is 1. The van der Waals surface area contributed by atoms with Crippen molar-refractivity contribution in [3.8, 4) is 11.6 Å². The quantitative estimate of drug-likeness (QED) is 0.508. The number of carbonyl (C=O) groups excluding carboxylic acids is 1. The Morgan fingerprint density at radius 3 is 2.77 bits per heavy atom. The van der Waals surface area contributed by atoms with Crippen LogP contribution in [0.1, 0.15) is 0 Å². The van der Waals surface area contributed by atoms with Crippen LogP contribution in [0.3, 0.4) is 0 Å². The van der Waals surface area contributed by atoms with Gasteiger partial charge in [-0.05, 0) is 24.3 Å². The number of benzene rings is 1. The molecular weight excluding hydrogens is 401 g/mol. The first-order valence-corrected chi connectivity index (χ1v) is 9.71. The molecule has 1 saturated heterocycles. The lowest BCUT2D eigenvalue weighted by molar-refractivity contribution is -0.126. The maximum absolute atomic E-state index is 14.5. The van der Waals surface area contributed by atoms with Crippen LogP contribution in [0.25, 0.3) is 21.8 Å². The van der Waals surface area contributed by atoms with Crippen molar-refractivity contribution < 1.29 is 13.9 Å². The van der Waals surface area contributed by atoms with Gasteiger partial charge in [0, 0.05) is 37.8 Å². The number of hydrogen-bond acceptors (Lipinski definition) is 7. The molecule has 0 unspecified atom stereocenters. The van der Waals surface area contributed by atoms with Crippen LogP contribution >= 0.6 is 0 Å². The Bertz CT molecular complexity index is 1300. The van der Waals surface area contributed by atoms with Gasteiger partial charge in [0.15, 0.2) is 11.6 Å². The first-order valence-electron chi connectivity index (χ1n) is 9.71. The van der Waals surface area contributed by atoms with E-state index in [0.717, 1.165) is 5.39 Å². The van der Waals surface area contributed by atoms with Crippen molar-refractivity contribution in [2.45, 2.75) is 0 Å². The van der Waals surface area contributed by atoms with E-state index >= 15 is 0 Å². The van der Waals surface area contributed by atoms with Gasteiger partial charge in [-0.1, -0.05) is 6.58 Å². The molecule has 0 atom stereocenters. The second-order valence-corrected chi connectivity index (χ2v) is 7.04. The van der Waals surface area contributed by atoms with Gasteiger partial charge in [0.2, 0.25) is 11.8 Å². The van der Waals surface area contributed by atoms with Gasteiger partial charge in [-0.15, -0.1) is 0 Å². The van der Waals surface area contributed by atoms with Crippen LogP contribution in [0.15, 0.2) is 49.6 Å². The summed E-state index contributed by atoms with van der Waals surface area (Å²) in [5.74, 6) is 0.314. The van der Waals surface area contributed by atoms with Gasteiger partial charge in [-0.3, -0.25) is 9.89 Å². The standard InChI is InChI=1S/C21H18FN7O2/c1-2-17(30)28-7-9-29(10-8-28)20-13-5-6-23-21(18(13)24-12-25-20)31-19-14-11-26-27-16(14)4-3-15(19)22/h2-6,11-12H,1,7-10H2,(H,26,27). The predicted molar refractivity (Wildman–Crippen MR) is 112 cm³/mol. The number of nitrogens with zero attached hydrogens (tertiary/aromatic N) is 6. The SMILES string of the molecule is C=CC(=O)N1CCN(c2ncnc3c(Oc4c(F)ccc5[nH]ncc45)nccc23)CC1. The Kier molecular flexibility index (Phi) is 4.66. The van der Waals surface area contributed by atoms with E-state index in [2.05, 4.69) is 36.6 Å². The van der Waals surface area contributed by atoms with Crippen molar-refractivity contribution in [2.24, 2.45) is 0 Å². The van der Waals surface area contributed by atoms with Gasteiger partial charge in [0.25, 0.3) is 0 Å². The number of carbonyl (C=O) groups is 1. The number of piperazine rings is 1. The number of aromatic nitrogens is 5. The molecule has 0 bridgehead atoms. The normalized spacial score (nSPS) is 14.2. The third kappa shape index (κ3) is 3.31. The lowest BCUT2D eigenvalue weighted by atomic mass is 10.2. The van der Waals surface area contributed by atoms with Gasteiger partial charge in [-0.2, -0.15) is 5.10 Å². The summed E-state index contributed by atoms with van der Waals surface area (Å²) in [7, 11) is 0. The molecule has 31 heavy (non-hydrogen) atoms. The van der Waals surface area contributed by atoms with Gasteiger partial charge >= 0.3 is 0 Å². The van der Waals surface area contributed by atoms with Crippen LogP contribution in [-0.4, -0.2) is 62.1 Å². The van der Waals surface area contributed by atoms with E-state index in [4.69, 9.17) is 4.74 Å². The molecule has 10 heteroatoms. The molecule has 3 aromatic heterocycles. The molecule has 156 valence electrons. The first-order chi connectivity index (χ1) is 15.2. The number of pyridine rings is 1. The van der Waals surface area contributed by atoms with Crippen LogP contribution in [0.5, 0.6) is 11.6 Å². The molecule has 0 aliphatic carbocycles. The Morgan fingerprint density at radius 2 is 1.97 bits per heavy atom. The minimum atomic E-state index is -0.523. The fraction of sp³-hybridized carbons (Fsp3) is 0.190. The van der Waals surface area contributed by atoms with Crippen molar-refractivity contribution in [1.82, 2.24) is 30.0 Å². The summed E-state index contributed by atoms with van der Waals surface area (Å²) < 4.78 is 20.4. The Labute approximate surface area is 176 Å². The number of fused-ring (bicyclic) bond motifs is 2. The number of nitrogens with one attached hydrogen (secondary N) is 1. The van der Waals surface area contributed by atoms with Gasteiger partial charge < -0.3 is 14.5 Å². The minimum Gasteiger partial charge on any atom is -0.433 e. The average Bonchev–Trinajstić information content (AvgIpc) is 3.29. The van der Waals surface area contributed by atoms with Gasteiger partial charge in [-0.25, -0.2) is 19.3 Å². The zero-order valence-electron chi connectivity index (χ0n) is 16.5. The van der Waals surface area contributed by atoms with E-state index in [9.17, 15) is 9.18 Å². The molecule has 9 nitrogen and oxygen atoms in total. The fourth-order valence-electron chi connectivity index (χ4n) is 3.71. The van der Waals surface area contributed by atoms with E-state index in [1.807, 2.05) is 0 Å². The van der Waals surface area contributed by atoms with Crippen LogP contribution in [0.4, 0.5) is 10.2 Å². The van der Waals surface area contributed by atoms with Gasteiger partial charge in [0.1, 0.15) is 17.7 Å². The molecule has 5 rings (SSSR count). The third-order valence-corrected chi connectivity index (χ3v) is 5.29.